The maximum Gasteiger partial charge on any atom is 0.313 e. The number of para-hydroxylation sites is 1. The first-order chi connectivity index (χ1) is 12.7. The van der Waals surface area contributed by atoms with Crippen molar-refractivity contribution < 1.29 is 18.8 Å². The summed E-state index contributed by atoms with van der Waals surface area (Å²) in [5.41, 5.74) is 3.03. The van der Waals surface area contributed by atoms with Crippen molar-refractivity contribution >= 4 is 5.97 Å². The van der Waals surface area contributed by atoms with Gasteiger partial charge in [0.25, 0.3) is 5.89 Å². The van der Waals surface area contributed by atoms with E-state index in [1.54, 1.807) is 0 Å². The summed E-state index contributed by atoms with van der Waals surface area (Å²) in [5, 5.41) is 3.93. The van der Waals surface area contributed by atoms with E-state index >= 15 is 0 Å². The smallest absolute Gasteiger partial charge is 0.313 e. The number of rotatable bonds is 4. The third-order valence-corrected chi connectivity index (χ3v) is 4.33. The minimum absolute atomic E-state index is 0.0458. The number of hydrogen-bond donors (Lipinski definition) is 0. The highest BCUT2D eigenvalue weighted by molar-refractivity contribution is 5.73. The lowest BCUT2D eigenvalue weighted by Crippen LogP contribution is -2.29. The highest BCUT2D eigenvalue weighted by Crippen LogP contribution is 2.27. The Hall–Kier alpha value is -3.15. The van der Waals surface area contributed by atoms with Gasteiger partial charge in [-0.1, -0.05) is 53.2 Å². The molecule has 1 unspecified atom stereocenters. The van der Waals surface area contributed by atoms with E-state index in [0.29, 0.717) is 18.9 Å². The Morgan fingerprint density at radius 2 is 2.00 bits per heavy atom. The monoisotopic (exact) mass is 350 g/mol. The predicted octanol–water partition coefficient (Wildman–Crippen LogP) is 3.34. The second-order valence-corrected chi connectivity index (χ2v) is 6.31. The minimum atomic E-state index is -0.329. The van der Waals surface area contributed by atoms with Crippen molar-refractivity contribution in [1.82, 2.24) is 10.1 Å². The molecule has 3 aromatic rings. The van der Waals surface area contributed by atoms with Gasteiger partial charge in [-0.15, -0.1) is 0 Å². The first-order valence-corrected chi connectivity index (χ1v) is 8.46. The summed E-state index contributed by atoms with van der Waals surface area (Å²) in [6.07, 6.45) is 0.605. The van der Waals surface area contributed by atoms with Crippen molar-refractivity contribution in [2.24, 2.45) is 5.92 Å². The Bertz CT molecular complexity index is 918. The number of esters is 1. The molecule has 2 heterocycles. The number of benzene rings is 2. The summed E-state index contributed by atoms with van der Waals surface area (Å²) in [6.45, 7) is 2.28. The average Bonchev–Trinajstić information content (AvgIpc) is 3.15. The van der Waals surface area contributed by atoms with E-state index in [1.165, 1.54) is 0 Å². The summed E-state index contributed by atoms with van der Waals surface area (Å²) in [6, 6.07) is 15.5. The number of ether oxygens (including phenoxy) is 2. The number of aromatic nitrogens is 2. The SMILES string of the molecule is Cc1ccc(-c2noc(COC(=O)C3COc4ccccc4C3)n2)cc1. The van der Waals surface area contributed by atoms with Gasteiger partial charge in [0.2, 0.25) is 5.82 Å². The van der Waals surface area contributed by atoms with Crippen LogP contribution in [0.25, 0.3) is 11.4 Å². The van der Waals surface area contributed by atoms with Gasteiger partial charge in [0, 0.05) is 5.56 Å². The number of carbonyl (C=O) groups is 1. The number of fused-ring (bicyclic) bond motifs is 1. The highest BCUT2D eigenvalue weighted by atomic mass is 16.6. The zero-order valence-corrected chi connectivity index (χ0v) is 14.3. The van der Waals surface area contributed by atoms with Crippen LogP contribution in [0.4, 0.5) is 0 Å². The van der Waals surface area contributed by atoms with Crippen molar-refractivity contribution in [3.8, 4) is 17.1 Å². The van der Waals surface area contributed by atoms with Crippen LogP contribution >= 0.6 is 0 Å². The summed E-state index contributed by atoms with van der Waals surface area (Å²) >= 11 is 0. The fourth-order valence-electron chi connectivity index (χ4n) is 2.86. The van der Waals surface area contributed by atoms with E-state index in [0.717, 1.165) is 22.4 Å². The second kappa shape index (κ2) is 7.00. The Labute approximate surface area is 150 Å². The molecule has 6 nitrogen and oxygen atoms in total. The fraction of sp³-hybridized carbons (Fsp3) is 0.250. The molecule has 0 amide bonds. The highest BCUT2D eigenvalue weighted by Gasteiger charge is 2.27. The molecule has 0 bridgehead atoms. The zero-order chi connectivity index (χ0) is 17.9. The number of hydrogen-bond acceptors (Lipinski definition) is 6. The van der Waals surface area contributed by atoms with Gasteiger partial charge in [-0.2, -0.15) is 4.98 Å². The number of carbonyl (C=O) groups excluding carboxylic acids is 1. The van der Waals surface area contributed by atoms with E-state index in [9.17, 15) is 4.79 Å². The van der Waals surface area contributed by atoms with Gasteiger partial charge in [-0.05, 0) is 25.0 Å². The molecule has 6 heteroatoms. The third kappa shape index (κ3) is 3.44. The topological polar surface area (TPSA) is 74.5 Å². The Balaban J connectivity index is 1.36. The summed E-state index contributed by atoms with van der Waals surface area (Å²) in [7, 11) is 0. The molecule has 132 valence electrons. The van der Waals surface area contributed by atoms with E-state index in [-0.39, 0.29) is 24.4 Å². The molecule has 1 atom stereocenters. The fourth-order valence-corrected chi connectivity index (χ4v) is 2.86. The lowest BCUT2D eigenvalue weighted by molar-refractivity contribution is -0.152. The maximum atomic E-state index is 12.3. The van der Waals surface area contributed by atoms with Gasteiger partial charge < -0.3 is 14.0 Å². The van der Waals surface area contributed by atoms with Crippen molar-refractivity contribution in [1.29, 1.82) is 0 Å². The van der Waals surface area contributed by atoms with Crippen LogP contribution in [-0.2, 0) is 22.6 Å². The van der Waals surface area contributed by atoms with Crippen molar-refractivity contribution in [3.05, 3.63) is 65.5 Å². The molecule has 0 radical (unpaired) electrons. The van der Waals surface area contributed by atoms with Crippen LogP contribution in [0, 0.1) is 12.8 Å². The van der Waals surface area contributed by atoms with Gasteiger partial charge in [-0.3, -0.25) is 4.79 Å². The molecule has 0 saturated carbocycles. The van der Waals surface area contributed by atoms with Crippen LogP contribution in [-0.4, -0.2) is 22.7 Å². The van der Waals surface area contributed by atoms with E-state index in [1.807, 2.05) is 55.5 Å². The van der Waals surface area contributed by atoms with Crippen molar-refractivity contribution in [2.45, 2.75) is 20.0 Å². The van der Waals surface area contributed by atoms with Crippen molar-refractivity contribution in [2.75, 3.05) is 6.61 Å². The second-order valence-electron chi connectivity index (χ2n) is 6.31. The third-order valence-electron chi connectivity index (χ3n) is 4.33. The molecule has 0 N–H and O–H groups in total. The van der Waals surface area contributed by atoms with Crippen LogP contribution in [0.2, 0.25) is 0 Å². The van der Waals surface area contributed by atoms with Gasteiger partial charge in [0.05, 0.1) is 5.92 Å². The lowest BCUT2D eigenvalue weighted by atomic mass is 9.97. The van der Waals surface area contributed by atoms with Crippen LogP contribution in [0.15, 0.2) is 53.1 Å². The minimum Gasteiger partial charge on any atom is -0.492 e. The van der Waals surface area contributed by atoms with Crippen LogP contribution in [0.1, 0.15) is 17.0 Å². The van der Waals surface area contributed by atoms with E-state index in [4.69, 9.17) is 14.0 Å². The first-order valence-electron chi connectivity index (χ1n) is 8.46. The molecule has 1 aliphatic heterocycles. The lowest BCUT2D eigenvalue weighted by Gasteiger charge is -2.23. The molecule has 26 heavy (non-hydrogen) atoms. The number of aryl methyl sites for hydroxylation is 1. The quantitative estimate of drug-likeness (QED) is 0.672. The molecule has 1 aromatic heterocycles. The van der Waals surface area contributed by atoms with Crippen LogP contribution < -0.4 is 4.74 Å². The largest absolute Gasteiger partial charge is 0.492 e. The zero-order valence-electron chi connectivity index (χ0n) is 14.3. The molecular formula is C20H18N2O4. The Kier molecular flexibility index (Phi) is 4.39. The van der Waals surface area contributed by atoms with Gasteiger partial charge in [0.1, 0.15) is 12.4 Å². The Morgan fingerprint density at radius 3 is 2.85 bits per heavy atom. The molecule has 4 rings (SSSR count). The standard InChI is InChI=1S/C20H18N2O4/c1-13-6-8-14(9-7-13)19-21-18(26-22-19)12-25-20(23)16-10-15-4-2-3-5-17(15)24-11-16/h2-9,16H,10-12H2,1H3. The molecule has 2 aromatic carbocycles. The maximum absolute atomic E-state index is 12.3. The molecule has 1 aliphatic rings. The van der Waals surface area contributed by atoms with Gasteiger partial charge >= 0.3 is 5.97 Å². The van der Waals surface area contributed by atoms with E-state index in [2.05, 4.69) is 10.1 Å². The Morgan fingerprint density at radius 1 is 1.19 bits per heavy atom. The normalized spacial score (nSPS) is 15.8. The number of nitrogens with zero attached hydrogens (tertiary/aromatic N) is 2. The predicted molar refractivity (Wildman–Crippen MR) is 93.4 cm³/mol. The van der Waals surface area contributed by atoms with Crippen LogP contribution in [0.3, 0.4) is 0 Å². The van der Waals surface area contributed by atoms with Gasteiger partial charge in [-0.25, -0.2) is 0 Å². The summed E-state index contributed by atoms with van der Waals surface area (Å²) in [5.74, 6) is 0.923. The molecule has 0 saturated heterocycles. The average molecular weight is 350 g/mol. The van der Waals surface area contributed by atoms with Crippen molar-refractivity contribution in [3.63, 3.8) is 0 Å². The summed E-state index contributed by atoms with van der Waals surface area (Å²) < 4.78 is 16.1. The molecule has 0 spiro atoms. The first kappa shape index (κ1) is 16.3. The molecule has 0 aliphatic carbocycles. The molecular weight excluding hydrogens is 332 g/mol. The van der Waals surface area contributed by atoms with Gasteiger partial charge in [0.15, 0.2) is 6.61 Å². The van der Waals surface area contributed by atoms with E-state index < -0.39 is 0 Å². The molecule has 0 fully saturated rings. The van der Waals surface area contributed by atoms with Crippen LogP contribution in [0.5, 0.6) is 5.75 Å². The summed E-state index contributed by atoms with van der Waals surface area (Å²) in [4.78, 5) is 16.6.